The standard InChI is InChI=1S/C14H19FN2O.ClH/c1-9-7-11(15)3-4-13(9)14(18)17-12-5-6-16-10(2)8-12;/h3-4,7,10,12,16H,5-6,8H2,1-2H3,(H,17,18);1H. The Labute approximate surface area is 119 Å². The third-order valence-corrected chi connectivity index (χ3v) is 3.39. The van der Waals surface area contributed by atoms with Crippen LogP contribution in [0.15, 0.2) is 18.2 Å². The van der Waals surface area contributed by atoms with E-state index in [2.05, 4.69) is 17.6 Å². The van der Waals surface area contributed by atoms with Gasteiger partial charge < -0.3 is 10.6 Å². The molecular weight excluding hydrogens is 267 g/mol. The number of benzene rings is 1. The van der Waals surface area contributed by atoms with Gasteiger partial charge in [0.1, 0.15) is 5.82 Å². The zero-order valence-electron chi connectivity index (χ0n) is 11.2. The number of carbonyl (C=O) groups excluding carboxylic acids is 1. The number of hydrogen-bond donors (Lipinski definition) is 2. The number of nitrogens with one attached hydrogen (secondary N) is 2. The van der Waals surface area contributed by atoms with E-state index in [0.29, 0.717) is 17.2 Å². The van der Waals surface area contributed by atoms with Crippen molar-refractivity contribution in [2.45, 2.75) is 38.8 Å². The van der Waals surface area contributed by atoms with E-state index >= 15 is 0 Å². The number of rotatable bonds is 2. The Bertz CT molecular complexity index is 453. The Hall–Kier alpha value is -1.13. The van der Waals surface area contributed by atoms with Gasteiger partial charge in [-0.3, -0.25) is 4.79 Å². The molecule has 0 bridgehead atoms. The molecule has 5 heteroatoms. The maximum Gasteiger partial charge on any atom is 0.251 e. The number of amides is 1. The smallest absolute Gasteiger partial charge is 0.251 e. The fraction of sp³-hybridized carbons (Fsp3) is 0.500. The van der Waals surface area contributed by atoms with E-state index in [9.17, 15) is 9.18 Å². The lowest BCUT2D eigenvalue weighted by Gasteiger charge is -2.28. The molecule has 1 heterocycles. The second-order valence-corrected chi connectivity index (χ2v) is 5.01. The van der Waals surface area contributed by atoms with E-state index in [1.54, 1.807) is 13.0 Å². The Morgan fingerprint density at radius 1 is 1.47 bits per heavy atom. The van der Waals surface area contributed by atoms with Gasteiger partial charge in [0.2, 0.25) is 0 Å². The fourth-order valence-electron chi connectivity index (χ4n) is 2.41. The summed E-state index contributed by atoms with van der Waals surface area (Å²) in [6, 6.07) is 4.90. The molecule has 0 aromatic heterocycles. The van der Waals surface area contributed by atoms with E-state index in [1.165, 1.54) is 12.1 Å². The van der Waals surface area contributed by atoms with Crippen LogP contribution in [0.25, 0.3) is 0 Å². The molecule has 0 spiro atoms. The van der Waals surface area contributed by atoms with Gasteiger partial charge in [0.05, 0.1) is 0 Å². The molecule has 3 nitrogen and oxygen atoms in total. The molecule has 1 saturated heterocycles. The zero-order valence-corrected chi connectivity index (χ0v) is 12.0. The minimum absolute atomic E-state index is 0. The summed E-state index contributed by atoms with van der Waals surface area (Å²) in [4.78, 5) is 12.1. The summed E-state index contributed by atoms with van der Waals surface area (Å²) in [5, 5.41) is 6.37. The van der Waals surface area contributed by atoms with Crippen LogP contribution >= 0.6 is 12.4 Å². The normalized spacial score (nSPS) is 22.5. The summed E-state index contributed by atoms with van der Waals surface area (Å²) >= 11 is 0. The SMILES string of the molecule is Cc1cc(F)ccc1C(=O)NC1CCNC(C)C1.Cl. The molecule has 1 aromatic rings. The highest BCUT2D eigenvalue weighted by Crippen LogP contribution is 2.13. The molecule has 0 aliphatic carbocycles. The molecule has 1 fully saturated rings. The average molecular weight is 287 g/mol. The molecule has 0 saturated carbocycles. The summed E-state index contributed by atoms with van der Waals surface area (Å²) in [5.74, 6) is -0.411. The van der Waals surface area contributed by atoms with Crippen molar-refractivity contribution in [1.82, 2.24) is 10.6 Å². The minimum atomic E-state index is -0.306. The van der Waals surface area contributed by atoms with Crippen molar-refractivity contribution in [2.75, 3.05) is 6.54 Å². The lowest BCUT2D eigenvalue weighted by atomic mass is 9.99. The van der Waals surface area contributed by atoms with Gasteiger partial charge in [-0.15, -0.1) is 12.4 Å². The monoisotopic (exact) mass is 286 g/mol. The molecule has 1 aromatic carbocycles. The molecule has 1 aliphatic rings. The van der Waals surface area contributed by atoms with Gasteiger partial charge in [-0.1, -0.05) is 0 Å². The summed E-state index contributed by atoms with van der Waals surface area (Å²) in [7, 11) is 0. The third-order valence-electron chi connectivity index (χ3n) is 3.39. The summed E-state index contributed by atoms with van der Waals surface area (Å²) < 4.78 is 13.0. The van der Waals surface area contributed by atoms with Crippen LogP contribution in [-0.4, -0.2) is 24.5 Å². The molecule has 1 aliphatic heterocycles. The number of aryl methyl sites for hydroxylation is 1. The Kier molecular flexibility index (Phi) is 5.76. The van der Waals surface area contributed by atoms with Crippen LogP contribution in [0.3, 0.4) is 0 Å². The van der Waals surface area contributed by atoms with Crippen LogP contribution in [0.2, 0.25) is 0 Å². The Balaban J connectivity index is 0.00000180. The molecule has 2 N–H and O–H groups in total. The largest absolute Gasteiger partial charge is 0.349 e. The second-order valence-electron chi connectivity index (χ2n) is 5.01. The van der Waals surface area contributed by atoms with Gasteiger partial charge in [-0.2, -0.15) is 0 Å². The third kappa shape index (κ3) is 4.18. The number of halogens is 2. The molecule has 106 valence electrons. The Morgan fingerprint density at radius 2 is 2.21 bits per heavy atom. The first-order valence-corrected chi connectivity index (χ1v) is 6.36. The Morgan fingerprint density at radius 3 is 2.84 bits per heavy atom. The topological polar surface area (TPSA) is 41.1 Å². The van der Waals surface area contributed by atoms with Gasteiger partial charge >= 0.3 is 0 Å². The molecule has 2 unspecified atom stereocenters. The molecule has 1 amide bonds. The van der Waals surface area contributed by atoms with Crippen molar-refractivity contribution >= 4 is 18.3 Å². The van der Waals surface area contributed by atoms with Crippen molar-refractivity contribution < 1.29 is 9.18 Å². The number of carbonyl (C=O) groups is 1. The summed E-state index contributed by atoms with van der Waals surface area (Å²) in [5.41, 5.74) is 1.23. The highest BCUT2D eigenvalue weighted by atomic mass is 35.5. The molecule has 19 heavy (non-hydrogen) atoms. The minimum Gasteiger partial charge on any atom is -0.349 e. The van der Waals surface area contributed by atoms with Crippen molar-refractivity contribution in [2.24, 2.45) is 0 Å². The highest BCUT2D eigenvalue weighted by molar-refractivity contribution is 5.95. The molecular formula is C14H20ClFN2O. The molecule has 2 rings (SSSR count). The highest BCUT2D eigenvalue weighted by Gasteiger charge is 2.21. The number of hydrogen-bond acceptors (Lipinski definition) is 2. The van der Waals surface area contributed by atoms with Crippen LogP contribution in [0.4, 0.5) is 4.39 Å². The van der Waals surface area contributed by atoms with Crippen molar-refractivity contribution in [3.05, 3.63) is 35.1 Å². The summed E-state index contributed by atoms with van der Waals surface area (Å²) in [6.45, 7) is 4.79. The first kappa shape index (κ1) is 15.9. The first-order chi connectivity index (χ1) is 8.56. The van der Waals surface area contributed by atoms with Crippen LogP contribution in [-0.2, 0) is 0 Å². The van der Waals surface area contributed by atoms with Gasteiger partial charge in [0.15, 0.2) is 0 Å². The molecule has 0 radical (unpaired) electrons. The predicted molar refractivity (Wildman–Crippen MR) is 76.3 cm³/mol. The quantitative estimate of drug-likeness (QED) is 0.877. The lowest BCUT2D eigenvalue weighted by Crippen LogP contribution is -2.46. The van der Waals surface area contributed by atoms with E-state index in [1.807, 2.05) is 0 Å². The van der Waals surface area contributed by atoms with Gasteiger partial charge in [-0.25, -0.2) is 4.39 Å². The second kappa shape index (κ2) is 6.87. The van der Waals surface area contributed by atoms with Gasteiger partial charge in [0, 0.05) is 17.6 Å². The van der Waals surface area contributed by atoms with Crippen molar-refractivity contribution in [1.29, 1.82) is 0 Å². The van der Waals surface area contributed by atoms with Crippen LogP contribution < -0.4 is 10.6 Å². The maximum absolute atomic E-state index is 13.0. The zero-order chi connectivity index (χ0) is 13.1. The summed E-state index contributed by atoms with van der Waals surface area (Å²) in [6.07, 6.45) is 1.88. The number of piperidine rings is 1. The van der Waals surface area contributed by atoms with Gasteiger partial charge in [-0.05, 0) is 57.0 Å². The fourth-order valence-corrected chi connectivity index (χ4v) is 2.41. The van der Waals surface area contributed by atoms with Crippen LogP contribution in [0.5, 0.6) is 0 Å². The van der Waals surface area contributed by atoms with Gasteiger partial charge in [0.25, 0.3) is 5.91 Å². The van der Waals surface area contributed by atoms with Crippen LogP contribution in [0.1, 0.15) is 35.7 Å². The van der Waals surface area contributed by atoms with E-state index in [4.69, 9.17) is 0 Å². The lowest BCUT2D eigenvalue weighted by molar-refractivity contribution is 0.0925. The van der Waals surface area contributed by atoms with E-state index < -0.39 is 0 Å². The van der Waals surface area contributed by atoms with Crippen molar-refractivity contribution in [3.8, 4) is 0 Å². The van der Waals surface area contributed by atoms with Crippen molar-refractivity contribution in [3.63, 3.8) is 0 Å². The first-order valence-electron chi connectivity index (χ1n) is 6.36. The van der Waals surface area contributed by atoms with Crippen LogP contribution in [0, 0.1) is 12.7 Å². The van der Waals surface area contributed by atoms with E-state index in [-0.39, 0.29) is 30.2 Å². The average Bonchev–Trinajstić information content (AvgIpc) is 2.28. The van der Waals surface area contributed by atoms with E-state index in [0.717, 1.165) is 19.4 Å². The predicted octanol–water partition coefficient (Wildman–Crippen LogP) is 2.43. The maximum atomic E-state index is 13.0. The molecule has 2 atom stereocenters.